The van der Waals surface area contributed by atoms with Crippen LogP contribution < -0.4 is 9.46 Å². The Balaban J connectivity index is 1.71. The number of nitrogens with zero attached hydrogens (tertiary/aromatic N) is 3. The predicted octanol–water partition coefficient (Wildman–Crippen LogP) is 3.89. The summed E-state index contributed by atoms with van der Waals surface area (Å²) in [5, 5.41) is 10.3. The zero-order valence-corrected chi connectivity index (χ0v) is 23.7. The molecule has 1 aromatic heterocycles. The molecule has 3 atom stereocenters. The van der Waals surface area contributed by atoms with Gasteiger partial charge in [-0.15, -0.1) is 0 Å². The van der Waals surface area contributed by atoms with Crippen molar-refractivity contribution in [2.75, 3.05) is 31.5 Å². The third kappa shape index (κ3) is 6.88. The van der Waals surface area contributed by atoms with Crippen molar-refractivity contribution in [1.29, 1.82) is 0 Å². The van der Waals surface area contributed by atoms with Gasteiger partial charge in [-0.25, -0.2) is 8.42 Å². The number of halogens is 1. The molecular formula is C28H33ClN4O5S. The van der Waals surface area contributed by atoms with Crippen LogP contribution in [-0.2, 0) is 16.6 Å². The van der Waals surface area contributed by atoms with Crippen LogP contribution in [0, 0.1) is 5.92 Å². The molecule has 2 aromatic carbocycles. The quantitative estimate of drug-likeness (QED) is 0.400. The number of fused-ring (bicyclic) bond motifs is 1. The Bertz CT molecular complexity index is 1390. The van der Waals surface area contributed by atoms with Crippen molar-refractivity contribution in [3.63, 3.8) is 0 Å². The fourth-order valence-corrected chi connectivity index (χ4v) is 5.72. The highest BCUT2D eigenvalue weighted by molar-refractivity contribution is 7.92. The van der Waals surface area contributed by atoms with E-state index in [9.17, 15) is 18.3 Å². The van der Waals surface area contributed by atoms with E-state index in [4.69, 9.17) is 16.3 Å². The van der Waals surface area contributed by atoms with E-state index < -0.39 is 22.2 Å². The van der Waals surface area contributed by atoms with Crippen LogP contribution >= 0.6 is 11.6 Å². The maximum absolute atomic E-state index is 13.7. The summed E-state index contributed by atoms with van der Waals surface area (Å²) in [5.41, 5.74) is 1.47. The summed E-state index contributed by atoms with van der Waals surface area (Å²) < 4.78 is 35.6. The fourth-order valence-electron chi connectivity index (χ4n) is 4.53. The normalized spacial score (nSPS) is 18.6. The first-order valence-electron chi connectivity index (χ1n) is 12.7. The van der Waals surface area contributed by atoms with Crippen molar-refractivity contribution in [2.24, 2.45) is 5.92 Å². The molecule has 0 saturated heterocycles. The van der Waals surface area contributed by atoms with E-state index in [2.05, 4.69) is 14.6 Å². The highest BCUT2D eigenvalue weighted by Crippen LogP contribution is 2.36. The molecule has 208 valence electrons. The lowest BCUT2D eigenvalue weighted by molar-refractivity contribution is 0.0344. The summed E-state index contributed by atoms with van der Waals surface area (Å²) in [4.78, 5) is 21.5. The number of nitrogens with one attached hydrogen (secondary N) is 1. The minimum absolute atomic E-state index is 0.0270. The number of aliphatic hydroxyl groups excluding tert-OH is 1. The minimum Gasteiger partial charge on any atom is -0.486 e. The van der Waals surface area contributed by atoms with E-state index in [1.807, 2.05) is 26.1 Å². The van der Waals surface area contributed by atoms with Crippen molar-refractivity contribution in [1.82, 2.24) is 14.8 Å². The van der Waals surface area contributed by atoms with Crippen LogP contribution in [-0.4, -0.2) is 73.1 Å². The summed E-state index contributed by atoms with van der Waals surface area (Å²) in [7, 11) is -2.02. The van der Waals surface area contributed by atoms with E-state index in [1.165, 1.54) is 24.3 Å². The van der Waals surface area contributed by atoms with Gasteiger partial charge in [-0.1, -0.05) is 24.6 Å². The Morgan fingerprint density at radius 1 is 1.18 bits per heavy atom. The average Bonchev–Trinajstić information content (AvgIpc) is 2.91. The molecule has 0 unspecified atom stereocenters. The highest BCUT2D eigenvalue weighted by atomic mass is 35.5. The molecular weight excluding hydrogens is 540 g/mol. The van der Waals surface area contributed by atoms with Gasteiger partial charge >= 0.3 is 0 Å². The second-order valence-corrected chi connectivity index (χ2v) is 12.0. The molecule has 1 aliphatic heterocycles. The molecule has 0 aliphatic carbocycles. The number of carbonyl (C=O) groups excluding carboxylic acids is 1. The van der Waals surface area contributed by atoms with Gasteiger partial charge in [-0.3, -0.25) is 19.4 Å². The van der Waals surface area contributed by atoms with Crippen LogP contribution in [0.5, 0.6) is 5.75 Å². The topological polar surface area (TPSA) is 112 Å². The second-order valence-electron chi connectivity index (χ2n) is 9.92. The van der Waals surface area contributed by atoms with Gasteiger partial charge in [-0.05, 0) is 68.1 Å². The lowest BCUT2D eigenvalue weighted by atomic mass is 9.99. The van der Waals surface area contributed by atoms with Crippen LogP contribution in [0.4, 0.5) is 5.69 Å². The molecule has 0 saturated carbocycles. The molecule has 1 aliphatic rings. The molecule has 3 aromatic rings. The summed E-state index contributed by atoms with van der Waals surface area (Å²) in [6.07, 6.45) is 3.10. The van der Waals surface area contributed by atoms with Crippen LogP contribution in [0.1, 0.15) is 29.8 Å². The maximum atomic E-state index is 13.7. The number of hydrogen-bond acceptors (Lipinski definition) is 7. The number of aromatic nitrogens is 1. The van der Waals surface area contributed by atoms with E-state index in [-0.39, 0.29) is 40.3 Å². The number of amides is 1. The lowest BCUT2D eigenvalue weighted by Gasteiger charge is -2.38. The number of para-hydroxylation sites is 1. The van der Waals surface area contributed by atoms with Gasteiger partial charge in [0.1, 0.15) is 6.10 Å². The van der Waals surface area contributed by atoms with E-state index in [0.717, 1.165) is 5.56 Å². The van der Waals surface area contributed by atoms with E-state index in [1.54, 1.807) is 42.4 Å². The van der Waals surface area contributed by atoms with Crippen LogP contribution in [0.2, 0.25) is 5.02 Å². The number of carbonyl (C=O) groups is 1. The van der Waals surface area contributed by atoms with Crippen molar-refractivity contribution < 1.29 is 23.1 Å². The number of anilines is 1. The van der Waals surface area contributed by atoms with Crippen LogP contribution in [0.3, 0.4) is 0 Å². The van der Waals surface area contributed by atoms with Crippen molar-refractivity contribution in [3.8, 4) is 5.75 Å². The highest BCUT2D eigenvalue weighted by Gasteiger charge is 2.35. The largest absolute Gasteiger partial charge is 0.486 e. The molecule has 9 nitrogen and oxygen atoms in total. The lowest BCUT2D eigenvalue weighted by Crippen LogP contribution is -2.49. The molecule has 4 rings (SSSR count). The Labute approximate surface area is 234 Å². The summed E-state index contributed by atoms with van der Waals surface area (Å²) in [5.74, 6) is -0.310. The average molecular weight is 573 g/mol. The number of aliphatic hydroxyl groups is 1. The fraction of sp³-hybridized carbons (Fsp3) is 0.357. The second kappa shape index (κ2) is 12.3. The first-order chi connectivity index (χ1) is 18.6. The maximum Gasteiger partial charge on any atom is 0.262 e. The first-order valence-corrected chi connectivity index (χ1v) is 14.5. The van der Waals surface area contributed by atoms with Gasteiger partial charge in [0.25, 0.3) is 15.9 Å². The number of likely N-dealkylation sites (N-methyl/N-ethyl adjacent to an activating group) is 1. The molecule has 11 heteroatoms. The number of pyridine rings is 1. The van der Waals surface area contributed by atoms with Crippen LogP contribution in [0.15, 0.2) is 71.9 Å². The van der Waals surface area contributed by atoms with Gasteiger partial charge in [0.15, 0.2) is 5.75 Å². The number of hydrogen-bond donors (Lipinski definition) is 2. The third-order valence-corrected chi connectivity index (χ3v) is 8.39. The van der Waals surface area contributed by atoms with E-state index in [0.29, 0.717) is 24.7 Å². The van der Waals surface area contributed by atoms with Crippen molar-refractivity contribution in [2.45, 2.75) is 37.4 Å². The summed E-state index contributed by atoms with van der Waals surface area (Å²) in [6, 6.07) is 14.1. The van der Waals surface area contributed by atoms with Gasteiger partial charge in [0.05, 0.1) is 28.8 Å². The Kier molecular flexibility index (Phi) is 9.12. The molecule has 1 amide bonds. The van der Waals surface area contributed by atoms with Gasteiger partial charge < -0.3 is 14.7 Å². The monoisotopic (exact) mass is 572 g/mol. The molecule has 0 spiro atoms. The minimum atomic E-state index is -4.00. The number of benzene rings is 2. The SMILES string of the molecule is C[C@@H]1CN([C@@H](C)CO)C(=O)c2cccc(NS(=O)(=O)c3ccc(Cl)cc3)c2O[C@@H]1CN(C)Cc1ccncc1. The first kappa shape index (κ1) is 28.8. The van der Waals surface area contributed by atoms with E-state index >= 15 is 0 Å². The number of sulfonamides is 1. The van der Waals surface area contributed by atoms with Gasteiger partial charge in [0, 0.05) is 43.0 Å². The summed E-state index contributed by atoms with van der Waals surface area (Å²) >= 11 is 5.94. The third-order valence-electron chi connectivity index (χ3n) is 6.75. The Hall–Kier alpha value is -3.18. The van der Waals surface area contributed by atoms with Crippen molar-refractivity contribution >= 4 is 33.2 Å². The smallest absolute Gasteiger partial charge is 0.262 e. The number of rotatable bonds is 9. The number of ether oxygens (including phenoxy) is 1. The zero-order valence-electron chi connectivity index (χ0n) is 22.1. The van der Waals surface area contributed by atoms with Crippen LogP contribution in [0.25, 0.3) is 0 Å². The molecule has 2 heterocycles. The molecule has 0 bridgehead atoms. The van der Waals surface area contributed by atoms with Gasteiger partial charge in [0.2, 0.25) is 0 Å². The van der Waals surface area contributed by atoms with Crippen molar-refractivity contribution in [3.05, 3.63) is 83.1 Å². The Morgan fingerprint density at radius 2 is 1.87 bits per heavy atom. The predicted molar refractivity (Wildman–Crippen MR) is 150 cm³/mol. The molecule has 39 heavy (non-hydrogen) atoms. The standard InChI is InChI=1S/C28H33ClN4O5S/c1-19-15-33(20(2)18-34)28(35)24-5-4-6-25(31-39(36,37)23-9-7-22(29)8-10-23)27(24)38-26(19)17-32(3)16-21-11-13-30-14-12-21/h4-14,19-20,26,31,34H,15-18H2,1-3H3/t19-,20+,26-/m1/s1. The molecule has 0 fully saturated rings. The van der Waals surface area contributed by atoms with Gasteiger partial charge in [-0.2, -0.15) is 0 Å². The molecule has 0 radical (unpaired) electrons. The summed E-state index contributed by atoms with van der Waals surface area (Å²) in [6.45, 7) is 5.10. The zero-order chi connectivity index (χ0) is 28.2. The molecule has 2 N–H and O–H groups in total. The Morgan fingerprint density at radius 3 is 2.54 bits per heavy atom.